The molecule has 0 aromatic heterocycles. The Labute approximate surface area is 269 Å². The van der Waals surface area contributed by atoms with Gasteiger partial charge in [-0.05, 0) is 32.7 Å². The van der Waals surface area contributed by atoms with Crippen molar-refractivity contribution in [3.8, 4) is 0 Å². The first-order valence-electron chi connectivity index (χ1n) is 15.9. The van der Waals surface area contributed by atoms with E-state index >= 15 is 0 Å². The molecule has 0 fully saturated rings. The Morgan fingerprint density at radius 3 is 1.31 bits per heavy atom. The standard InChI is InChI=1S/C28H58N4O12Si/c1-4-42-45(43-5-2,44-6-3)27-7-9-30-28(33)8-11-34-13-15-36-17-19-38-21-23-40-25-26-41-24-22-39-20-18-37-16-14-35-12-10-31-32-29/h4-27H2,1-3H3,(H,30,33). The van der Waals surface area contributed by atoms with Gasteiger partial charge in [0.15, 0.2) is 0 Å². The van der Waals surface area contributed by atoms with Crippen molar-refractivity contribution < 1.29 is 56.0 Å². The van der Waals surface area contributed by atoms with Crippen LogP contribution in [-0.2, 0) is 56.0 Å². The monoisotopic (exact) mass is 670 g/mol. The van der Waals surface area contributed by atoms with Gasteiger partial charge in [-0.3, -0.25) is 4.79 Å². The van der Waals surface area contributed by atoms with Gasteiger partial charge in [-0.25, -0.2) is 0 Å². The summed E-state index contributed by atoms with van der Waals surface area (Å²) in [5.41, 5.74) is 8.14. The molecule has 0 spiro atoms. The highest BCUT2D eigenvalue weighted by atomic mass is 28.4. The second-order valence-corrected chi connectivity index (χ2v) is 11.8. The lowest BCUT2D eigenvalue weighted by Gasteiger charge is -2.28. The highest BCUT2D eigenvalue weighted by Crippen LogP contribution is 2.17. The molecule has 0 aliphatic heterocycles. The van der Waals surface area contributed by atoms with Crippen LogP contribution in [0.2, 0.25) is 6.04 Å². The van der Waals surface area contributed by atoms with E-state index in [1.807, 2.05) is 20.8 Å². The Hall–Kier alpha value is -1.44. The first-order valence-corrected chi connectivity index (χ1v) is 17.9. The summed E-state index contributed by atoms with van der Waals surface area (Å²) >= 11 is 0. The normalized spacial score (nSPS) is 11.5. The van der Waals surface area contributed by atoms with Crippen LogP contribution in [0.15, 0.2) is 5.11 Å². The van der Waals surface area contributed by atoms with Gasteiger partial charge in [0.2, 0.25) is 5.91 Å². The average molecular weight is 671 g/mol. The number of ether oxygens (including phenoxy) is 8. The minimum absolute atomic E-state index is 0.0542. The summed E-state index contributed by atoms with van der Waals surface area (Å²) in [5, 5.41) is 6.27. The van der Waals surface area contributed by atoms with Crippen molar-refractivity contribution in [2.45, 2.75) is 39.7 Å². The van der Waals surface area contributed by atoms with Crippen LogP contribution in [0, 0.1) is 0 Å². The molecule has 0 radical (unpaired) electrons. The zero-order valence-electron chi connectivity index (χ0n) is 27.7. The van der Waals surface area contributed by atoms with Crippen molar-refractivity contribution in [1.82, 2.24) is 5.32 Å². The van der Waals surface area contributed by atoms with E-state index < -0.39 is 8.80 Å². The number of nitrogens with zero attached hydrogens (tertiary/aromatic N) is 3. The largest absolute Gasteiger partial charge is 0.500 e. The van der Waals surface area contributed by atoms with Gasteiger partial charge in [-0.1, -0.05) is 5.11 Å². The molecular weight excluding hydrogens is 612 g/mol. The van der Waals surface area contributed by atoms with E-state index in [1.165, 1.54) is 0 Å². The molecular formula is C28H58N4O12Si. The number of azide groups is 1. The fourth-order valence-corrected chi connectivity index (χ4v) is 6.19. The van der Waals surface area contributed by atoms with Crippen LogP contribution in [0.3, 0.4) is 0 Å². The lowest BCUT2D eigenvalue weighted by Crippen LogP contribution is -2.46. The summed E-state index contributed by atoms with van der Waals surface area (Å²) in [6.07, 6.45) is 1.02. The molecule has 1 N–H and O–H groups in total. The zero-order chi connectivity index (χ0) is 32.9. The third-order valence-corrected chi connectivity index (χ3v) is 8.70. The third kappa shape index (κ3) is 31.0. The lowest BCUT2D eigenvalue weighted by atomic mass is 10.4. The summed E-state index contributed by atoms with van der Waals surface area (Å²) in [6.45, 7) is 15.5. The summed E-state index contributed by atoms with van der Waals surface area (Å²) in [4.78, 5) is 14.7. The van der Waals surface area contributed by atoms with E-state index in [4.69, 9.17) is 56.7 Å². The van der Waals surface area contributed by atoms with E-state index in [2.05, 4.69) is 15.3 Å². The van der Waals surface area contributed by atoms with Crippen LogP contribution in [0.1, 0.15) is 33.6 Å². The van der Waals surface area contributed by atoms with E-state index in [0.717, 1.165) is 6.42 Å². The lowest BCUT2D eigenvalue weighted by molar-refractivity contribution is -0.122. The van der Waals surface area contributed by atoms with Crippen LogP contribution in [-0.4, -0.2) is 153 Å². The minimum atomic E-state index is -2.67. The summed E-state index contributed by atoms with van der Waals surface area (Å²) in [6, 6.07) is 0.667. The number of hydrogen-bond donors (Lipinski definition) is 1. The molecule has 0 unspecified atom stereocenters. The van der Waals surface area contributed by atoms with Crippen LogP contribution in [0.5, 0.6) is 0 Å². The first kappa shape index (κ1) is 43.6. The van der Waals surface area contributed by atoms with Gasteiger partial charge in [-0.15, -0.1) is 0 Å². The molecule has 0 saturated heterocycles. The first-order chi connectivity index (χ1) is 22.1. The second-order valence-electron chi connectivity index (χ2n) is 9.04. The van der Waals surface area contributed by atoms with Gasteiger partial charge in [0.05, 0.1) is 106 Å². The van der Waals surface area contributed by atoms with Crippen molar-refractivity contribution in [3.05, 3.63) is 10.4 Å². The van der Waals surface area contributed by atoms with Crippen molar-refractivity contribution >= 4 is 14.7 Å². The van der Waals surface area contributed by atoms with Gasteiger partial charge >= 0.3 is 8.80 Å². The van der Waals surface area contributed by atoms with Crippen LogP contribution in [0.25, 0.3) is 10.4 Å². The maximum absolute atomic E-state index is 12.0. The molecule has 0 aliphatic rings. The van der Waals surface area contributed by atoms with Crippen LogP contribution in [0.4, 0.5) is 0 Å². The molecule has 0 atom stereocenters. The maximum Gasteiger partial charge on any atom is 0.500 e. The number of nitrogens with one attached hydrogen (secondary N) is 1. The average Bonchev–Trinajstić information content (AvgIpc) is 3.03. The van der Waals surface area contributed by atoms with Gasteiger partial charge in [0.1, 0.15) is 0 Å². The van der Waals surface area contributed by atoms with Crippen molar-refractivity contribution in [2.24, 2.45) is 5.11 Å². The molecule has 0 bridgehead atoms. The predicted molar refractivity (Wildman–Crippen MR) is 168 cm³/mol. The predicted octanol–water partition coefficient (Wildman–Crippen LogP) is 2.37. The Bertz CT molecular complexity index is 679. The number of carbonyl (C=O) groups excluding carboxylic acids is 1. The fourth-order valence-electron chi connectivity index (χ4n) is 3.58. The second kappa shape index (κ2) is 35.4. The smallest absolute Gasteiger partial charge is 0.379 e. The number of amides is 1. The Morgan fingerprint density at radius 2 is 0.956 bits per heavy atom. The molecule has 45 heavy (non-hydrogen) atoms. The number of rotatable bonds is 37. The quantitative estimate of drug-likeness (QED) is 0.0336. The highest BCUT2D eigenvalue weighted by molar-refractivity contribution is 6.60. The Balaban J connectivity index is 3.34. The van der Waals surface area contributed by atoms with E-state index in [9.17, 15) is 4.79 Å². The molecule has 0 rings (SSSR count). The minimum Gasteiger partial charge on any atom is -0.379 e. The SMILES string of the molecule is CCO[Si](CCCNC(=O)CCOCCOCCOCCOCCOCCOCCOCCOCCN=[N+]=[N-])(OCC)OCC. The van der Waals surface area contributed by atoms with Crippen LogP contribution >= 0.6 is 0 Å². The molecule has 0 aliphatic carbocycles. The molecule has 266 valence electrons. The van der Waals surface area contributed by atoms with Gasteiger partial charge < -0.3 is 56.5 Å². The van der Waals surface area contributed by atoms with E-state index in [0.29, 0.717) is 151 Å². The highest BCUT2D eigenvalue weighted by Gasteiger charge is 2.39. The van der Waals surface area contributed by atoms with Crippen molar-refractivity contribution in [3.63, 3.8) is 0 Å². The van der Waals surface area contributed by atoms with Gasteiger partial charge in [0, 0.05) is 50.3 Å². The molecule has 16 nitrogen and oxygen atoms in total. The molecule has 0 saturated carbocycles. The van der Waals surface area contributed by atoms with Crippen molar-refractivity contribution in [1.29, 1.82) is 0 Å². The maximum atomic E-state index is 12.0. The van der Waals surface area contributed by atoms with Gasteiger partial charge in [-0.2, -0.15) is 0 Å². The Kier molecular flexibility index (Phi) is 34.3. The molecule has 17 heteroatoms. The van der Waals surface area contributed by atoms with Gasteiger partial charge in [0.25, 0.3) is 0 Å². The topological polar surface area (TPSA) is 179 Å². The van der Waals surface area contributed by atoms with Crippen LogP contribution < -0.4 is 5.32 Å². The zero-order valence-corrected chi connectivity index (χ0v) is 28.7. The molecule has 1 amide bonds. The summed E-state index contributed by atoms with van der Waals surface area (Å²) in [5.74, 6) is -0.0542. The number of carbonyl (C=O) groups is 1. The summed E-state index contributed by atoms with van der Waals surface area (Å²) in [7, 11) is -2.67. The molecule has 0 heterocycles. The molecule has 0 aromatic carbocycles. The Morgan fingerprint density at radius 1 is 0.600 bits per heavy atom. The summed E-state index contributed by atoms with van der Waals surface area (Å²) < 4.78 is 60.8. The third-order valence-electron chi connectivity index (χ3n) is 5.55. The fraction of sp³-hybridized carbons (Fsp3) is 0.964. The van der Waals surface area contributed by atoms with E-state index in [-0.39, 0.29) is 5.91 Å². The van der Waals surface area contributed by atoms with E-state index in [1.54, 1.807) is 0 Å². The molecule has 0 aromatic rings. The van der Waals surface area contributed by atoms with Crippen molar-refractivity contribution in [2.75, 3.05) is 139 Å². The number of hydrogen-bond acceptors (Lipinski definition) is 13.